The van der Waals surface area contributed by atoms with Gasteiger partial charge < -0.3 is 5.32 Å². The van der Waals surface area contributed by atoms with Crippen LogP contribution in [-0.2, 0) is 11.2 Å². The molecule has 0 fully saturated rings. The van der Waals surface area contributed by atoms with E-state index in [0.29, 0.717) is 5.56 Å². The fourth-order valence-electron chi connectivity index (χ4n) is 1.84. The number of nitrogens with zero attached hydrogens (tertiary/aromatic N) is 1. The van der Waals surface area contributed by atoms with E-state index in [1.165, 1.54) is 6.07 Å². The fraction of sp³-hybridized carbons (Fsp3) is 0.462. The third-order valence-electron chi connectivity index (χ3n) is 2.67. The summed E-state index contributed by atoms with van der Waals surface area (Å²) in [6.07, 6.45) is 1.95. The van der Waals surface area contributed by atoms with E-state index in [0.717, 1.165) is 12.8 Å². The minimum absolute atomic E-state index is 0.00389. The molecule has 0 saturated carbocycles. The SMILES string of the molecule is CCC[C@@H](C)NC(=O)Cc1ccccc1[N+](=O)[O-]. The average molecular weight is 250 g/mol. The zero-order valence-electron chi connectivity index (χ0n) is 10.7. The van der Waals surface area contributed by atoms with Crippen LogP contribution < -0.4 is 5.32 Å². The molecule has 1 rings (SSSR count). The predicted octanol–water partition coefficient (Wildman–Crippen LogP) is 2.44. The second kappa shape index (κ2) is 6.74. The number of carbonyl (C=O) groups excluding carboxylic acids is 1. The van der Waals surface area contributed by atoms with Crippen LogP contribution in [0, 0.1) is 10.1 Å². The first-order valence-corrected chi connectivity index (χ1v) is 6.06. The third-order valence-corrected chi connectivity index (χ3v) is 2.67. The Balaban J connectivity index is 2.67. The molecule has 0 spiro atoms. The van der Waals surface area contributed by atoms with Crippen LogP contribution in [0.4, 0.5) is 5.69 Å². The largest absolute Gasteiger partial charge is 0.353 e. The molecule has 5 nitrogen and oxygen atoms in total. The standard InChI is InChI=1S/C13H18N2O3/c1-3-6-10(2)14-13(16)9-11-7-4-5-8-12(11)15(17)18/h4-5,7-8,10H,3,6,9H2,1-2H3,(H,14,16)/t10-/m1/s1. The number of rotatable bonds is 6. The quantitative estimate of drug-likeness (QED) is 0.622. The molecule has 1 aromatic carbocycles. The van der Waals surface area contributed by atoms with Crippen LogP contribution in [-0.4, -0.2) is 16.9 Å². The summed E-state index contributed by atoms with van der Waals surface area (Å²) in [4.78, 5) is 22.1. The van der Waals surface area contributed by atoms with Gasteiger partial charge in [0.1, 0.15) is 0 Å². The van der Waals surface area contributed by atoms with E-state index in [4.69, 9.17) is 0 Å². The molecule has 0 unspecified atom stereocenters. The van der Waals surface area contributed by atoms with E-state index in [-0.39, 0.29) is 24.1 Å². The summed E-state index contributed by atoms with van der Waals surface area (Å²) in [6, 6.07) is 6.43. The van der Waals surface area contributed by atoms with Gasteiger partial charge in [-0.25, -0.2) is 0 Å². The predicted molar refractivity (Wildman–Crippen MR) is 69.3 cm³/mol. The fourth-order valence-corrected chi connectivity index (χ4v) is 1.84. The number of amides is 1. The lowest BCUT2D eigenvalue weighted by Gasteiger charge is -2.12. The van der Waals surface area contributed by atoms with Crippen molar-refractivity contribution in [3.05, 3.63) is 39.9 Å². The molecule has 1 N–H and O–H groups in total. The molecular formula is C13H18N2O3. The lowest BCUT2D eigenvalue weighted by molar-refractivity contribution is -0.385. The van der Waals surface area contributed by atoms with Gasteiger partial charge in [0.2, 0.25) is 5.91 Å². The average Bonchev–Trinajstić information content (AvgIpc) is 2.29. The number of benzene rings is 1. The normalized spacial score (nSPS) is 11.9. The first-order valence-electron chi connectivity index (χ1n) is 6.06. The van der Waals surface area contributed by atoms with Gasteiger partial charge in [-0.15, -0.1) is 0 Å². The van der Waals surface area contributed by atoms with E-state index in [2.05, 4.69) is 5.32 Å². The minimum atomic E-state index is -0.460. The topological polar surface area (TPSA) is 72.2 Å². The highest BCUT2D eigenvalue weighted by Crippen LogP contribution is 2.18. The third kappa shape index (κ3) is 4.16. The van der Waals surface area contributed by atoms with Crippen molar-refractivity contribution in [3.8, 4) is 0 Å². The minimum Gasteiger partial charge on any atom is -0.353 e. The van der Waals surface area contributed by atoms with Crippen LogP contribution in [0.3, 0.4) is 0 Å². The van der Waals surface area contributed by atoms with E-state index < -0.39 is 4.92 Å². The van der Waals surface area contributed by atoms with Gasteiger partial charge in [0.05, 0.1) is 11.3 Å². The lowest BCUT2D eigenvalue weighted by atomic mass is 10.1. The van der Waals surface area contributed by atoms with Crippen LogP contribution in [0.25, 0.3) is 0 Å². The summed E-state index contributed by atoms with van der Waals surface area (Å²) in [6.45, 7) is 3.98. The van der Waals surface area contributed by atoms with Gasteiger partial charge in [-0.1, -0.05) is 31.5 Å². The van der Waals surface area contributed by atoms with Gasteiger partial charge in [-0.2, -0.15) is 0 Å². The summed E-state index contributed by atoms with van der Waals surface area (Å²) >= 11 is 0. The van der Waals surface area contributed by atoms with Crippen molar-refractivity contribution in [2.24, 2.45) is 0 Å². The first kappa shape index (κ1) is 14.2. The van der Waals surface area contributed by atoms with Crippen LogP contribution >= 0.6 is 0 Å². The molecule has 18 heavy (non-hydrogen) atoms. The summed E-state index contributed by atoms with van der Waals surface area (Å²) < 4.78 is 0. The molecule has 0 heterocycles. The van der Waals surface area contributed by atoms with E-state index in [9.17, 15) is 14.9 Å². The van der Waals surface area contributed by atoms with Crippen molar-refractivity contribution in [1.82, 2.24) is 5.32 Å². The molecule has 1 atom stereocenters. The molecule has 1 aromatic rings. The summed E-state index contributed by atoms with van der Waals surface area (Å²) in [7, 11) is 0. The van der Waals surface area contributed by atoms with Gasteiger partial charge in [-0.3, -0.25) is 14.9 Å². The maximum absolute atomic E-state index is 11.7. The number of nitrogens with one attached hydrogen (secondary N) is 1. The molecule has 0 aliphatic carbocycles. The van der Waals surface area contributed by atoms with Gasteiger partial charge in [0, 0.05) is 17.7 Å². The van der Waals surface area contributed by atoms with Crippen molar-refractivity contribution >= 4 is 11.6 Å². The lowest BCUT2D eigenvalue weighted by Crippen LogP contribution is -2.33. The Bertz CT molecular complexity index is 432. The van der Waals surface area contributed by atoms with E-state index >= 15 is 0 Å². The van der Waals surface area contributed by atoms with Crippen LogP contribution in [0.1, 0.15) is 32.3 Å². The zero-order chi connectivity index (χ0) is 13.5. The summed E-state index contributed by atoms with van der Waals surface area (Å²) in [5.41, 5.74) is 0.444. The molecule has 0 aliphatic rings. The van der Waals surface area contributed by atoms with Crippen LogP contribution in [0.2, 0.25) is 0 Å². The van der Waals surface area contributed by atoms with Crippen molar-refractivity contribution in [2.45, 2.75) is 39.2 Å². The van der Waals surface area contributed by atoms with Crippen molar-refractivity contribution in [1.29, 1.82) is 0 Å². The summed E-state index contributed by atoms with van der Waals surface area (Å²) in [5, 5.41) is 13.6. The molecular weight excluding hydrogens is 232 g/mol. The molecule has 0 aliphatic heterocycles. The molecule has 0 saturated heterocycles. The number of hydrogen-bond donors (Lipinski definition) is 1. The Hall–Kier alpha value is -1.91. The summed E-state index contributed by atoms with van der Waals surface area (Å²) in [5.74, 6) is -0.176. The van der Waals surface area contributed by atoms with Crippen molar-refractivity contribution in [3.63, 3.8) is 0 Å². The maximum atomic E-state index is 11.7. The number of nitro groups is 1. The Morgan fingerprint density at radius 1 is 1.44 bits per heavy atom. The number of para-hydroxylation sites is 1. The highest BCUT2D eigenvalue weighted by molar-refractivity contribution is 5.80. The van der Waals surface area contributed by atoms with Crippen molar-refractivity contribution in [2.75, 3.05) is 0 Å². The first-order chi connectivity index (χ1) is 8.54. The Kier molecular flexibility index (Phi) is 5.30. The van der Waals surface area contributed by atoms with Crippen LogP contribution in [0.5, 0.6) is 0 Å². The number of nitro benzene ring substituents is 1. The number of hydrogen-bond acceptors (Lipinski definition) is 3. The van der Waals surface area contributed by atoms with Crippen molar-refractivity contribution < 1.29 is 9.72 Å². The molecule has 0 aromatic heterocycles. The Morgan fingerprint density at radius 3 is 2.72 bits per heavy atom. The molecule has 98 valence electrons. The Labute approximate surface area is 106 Å². The van der Waals surface area contributed by atoms with E-state index in [1.807, 2.05) is 13.8 Å². The smallest absolute Gasteiger partial charge is 0.273 e. The monoisotopic (exact) mass is 250 g/mol. The van der Waals surface area contributed by atoms with Gasteiger partial charge in [-0.05, 0) is 13.3 Å². The molecule has 1 amide bonds. The number of carbonyl (C=O) groups is 1. The van der Waals surface area contributed by atoms with Crippen LogP contribution in [0.15, 0.2) is 24.3 Å². The highest BCUT2D eigenvalue weighted by atomic mass is 16.6. The van der Waals surface area contributed by atoms with Gasteiger partial charge in [0.25, 0.3) is 5.69 Å². The molecule has 0 bridgehead atoms. The second-order valence-electron chi connectivity index (χ2n) is 4.32. The molecule has 5 heteroatoms. The second-order valence-corrected chi connectivity index (χ2v) is 4.32. The van der Waals surface area contributed by atoms with Gasteiger partial charge >= 0.3 is 0 Å². The Morgan fingerprint density at radius 2 is 2.11 bits per heavy atom. The van der Waals surface area contributed by atoms with Gasteiger partial charge in [0.15, 0.2) is 0 Å². The maximum Gasteiger partial charge on any atom is 0.273 e. The van der Waals surface area contributed by atoms with E-state index in [1.54, 1.807) is 18.2 Å². The zero-order valence-corrected chi connectivity index (χ0v) is 10.7. The highest BCUT2D eigenvalue weighted by Gasteiger charge is 2.16. The molecule has 0 radical (unpaired) electrons.